The molecule has 0 spiro atoms. The number of piperazine rings is 1. The average Bonchev–Trinajstić information content (AvgIpc) is 2.34. The Morgan fingerprint density at radius 3 is 2.35 bits per heavy atom. The number of aliphatic hydroxyl groups is 1. The number of hydrogen-bond acceptors (Lipinski definition) is 5. The van der Waals surface area contributed by atoms with Gasteiger partial charge >= 0.3 is 0 Å². The number of rotatable bonds is 4. The van der Waals surface area contributed by atoms with Crippen LogP contribution in [0.2, 0.25) is 0 Å². The Morgan fingerprint density at radius 2 is 1.75 bits per heavy atom. The molecule has 112 valence electrons. The van der Waals surface area contributed by atoms with E-state index in [1.54, 1.807) is 12.1 Å². The Labute approximate surface area is 120 Å². The quantitative estimate of drug-likeness (QED) is 0.563. The lowest BCUT2D eigenvalue weighted by Gasteiger charge is -2.37. The summed E-state index contributed by atoms with van der Waals surface area (Å²) in [5, 5.41) is 19.7. The van der Waals surface area contributed by atoms with Crippen LogP contribution in [0.25, 0.3) is 0 Å². The summed E-state index contributed by atoms with van der Waals surface area (Å²) in [4.78, 5) is 4.57. The number of nitrogens with two attached hydrogens (primary N) is 1. The highest BCUT2D eigenvalue weighted by atomic mass is 16.3. The molecule has 4 N–H and O–H groups in total. The Hall–Kier alpha value is -1.30. The van der Waals surface area contributed by atoms with Gasteiger partial charge in [0.1, 0.15) is 5.75 Å². The van der Waals surface area contributed by atoms with Gasteiger partial charge in [-0.3, -0.25) is 9.80 Å². The molecule has 0 aromatic heterocycles. The summed E-state index contributed by atoms with van der Waals surface area (Å²) in [6, 6.07) is 5.19. The van der Waals surface area contributed by atoms with Crippen molar-refractivity contribution in [3.63, 3.8) is 0 Å². The molecule has 0 unspecified atom stereocenters. The second-order valence-electron chi connectivity index (χ2n) is 6.25. The minimum absolute atomic E-state index is 0.304. The van der Waals surface area contributed by atoms with Gasteiger partial charge < -0.3 is 15.9 Å². The fourth-order valence-corrected chi connectivity index (χ4v) is 2.63. The summed E-state index contributed by atoms with van der Waals surface area (Å²) in [7, 11) is 0. The lowest BCUT2D eigenvalue weighted by molar-refractivity contribution is 0.0166. The first-order valence-corrected chi connectivity index (χ1v) is 7.08. The van der Waals surface area contributed by atoms with Gasteiger partial charge in [-0.1, -0.05) is 0 Å². The van der Waals surface area contributed by atoms with Crippen molar-refractivity contribution in [2.24, 2.45) is 0 Å². The van der Waals surface area contributed by atoms with E-state index < -0.39 is 5.60 Å². The van der Waals surface area contributed by atoms with Crippen LogP contribution in [0.15, 0.2) is 18.2 Å². The molecule has 0 radical (unpaired) electrons. The van der Waals surface area contributed by atoms with Gasteiger partial charge in [-0.25, -0.2) is 0 Å². The third kappa shape index (κ3) is 4.37. The van der Waals surface area contributed by atoms with E-state index >= 15 is 0 Å². The minimum Gasteiger partial charge on any atom is -0.508 e. The molecule has 1 saturated heterocycles. The number of phenolic OH excluding ortho intramolecular Hbond substituents is 1. The zero-order valence-electron chi connectivity index (χ0n) is 12.3. The lowest BCUT2D eigenvalue weighted by Crippen LogP contribution is -2.50. The predicted molar refractivity (Wildman–Crippen MR) is 80.5 cm³/mol. The summed E-state index contributed by atoms with van der Waals surface area (Å²) in [5.74, 6) is 0.304. The van der Waals surface area contributed by atoms with Gasteiger partial charge in [-0.2, -0.15) is 0 Å². The molecule has 0 bridgehead atoms. The summed E-state index contributed by atoms with van der Waals surface area (Å²) in [6.45, 7) is 8.83. The van der Waals surface area contributed by atoms with Gasteiger partial charge in [-0.05, 0) is 32.0 Å². The van der Waals surface area contributed by atoms with Gasteiger partial charge in [0.05, 0.1) is 5.60 Å². The largest absolute Gasteiger partial charge is 0.508 e. The highest BCUT2D eigenvalue weighted by Crippen LogP contribution is 2.22. The first-order chi connectivity index (χ1) is 9.33. The molecule has 1 heterocycles. The maximum absolute atomic E-state index is 9.84. The molecule has 1 aliphatic rings. The molecule has 0 amide bonds. The molecule has 20 heavy (non-hydrogen) atoms. The zero-order chi connectivity index (χ0) is 14.8. The van der Waals surface area contributed by atoms with E-state index in [4.69, 9.17) is 5.73 Å². The average molecular weight is 279 g/mol. The molecule has 0 aliphatic carbocycles. The molecular formula is C15H25N3O2. The highest BCUT2D eigenvalue weighted by molar-refractivity contribution is 5.47. The van der Waals surface area contributed by atoms with Crippen LogP contribution in [0.5, 0.6) is 5.75 Å². The van der Waals surface area contributed by atoms with E-state index in [9.17, 15) is 10.2 Å². The first kappa shape index (κ1) is 15.1. The molecule has 5 heteroatoms. The Balaban J connectivity index is 1.87. The van der Waals surface area contributed by atoms with Crippen LogP contribution >= 0.6 is 0 Å². The minimum atomic E-state index is -0.645. The third-order valence-corrected chi connectivity index (χ3v) is 3.57. The van der Waals surface area contributed by atoms with Gasteiger partial charge in [0, 0.05) is 50.5 Å². The number of benzene rings is 1. The SMILES string of the molecule is CC(C)(O)CN1CCN(Cc2cc(N)ccc2O)CC1. The molecule has 1 aromatic carbocycles. The van der Waals surface area contributed by atoms with Crippen molar-refractivity contribution in [2.75, 3.05) is 38.5 Å². The maximum Gasteiger partial charge on any atom is 0.120 e. The molecule has 1 aromatic rings. The van der Waals surface area contributed by atoms with E-state index in [1.807, 2.05) is 19.9 Å². The smallest absolute Gasteiger partial charge is 0.120 e. The van der Waals surface area contributed by atoms with Crippen molar-refractivity contribution >= 4 is 5.69 Å². The number of anilines is 1. The van der Waals surface area contributed by atoms with Crippen LogP contribution in [0, 0.1) is 0 Å². The van der Waals surface area contributed by atoms with Gasteiger partial charge in [0.15, 0.2) is 0 Å². The highest BCUT2D eigenvalue weighted by Gasteiger charge is 2.23. The van der Waals surface area contributed by atoms with Crippen molar-refractivity contribution in [3.05, 3.63) is 23.8 Å². The van der Waals surface area contributed by atoms with Crippen LogP contribution in [-0.4, -0.2) is 58.3 Å². The van der Waals surface area contributed by atoms with E-state index in [0.29, 0.717) is 24.5 Å². The number of nitrogen functional groups attached to an aromatic ring is 1. The van der Waals surface area contributed by atoms with E-state index in [0.717, 1.165) is 31.7 Å². The van der Waals surface area contributed by atoms with E-state index in [2.05, 4.69) is 9.80 Å². The van der Waals surface area contributed by atoms with Crippen LogP contribution in [0.1, 0.15) is 19.4 Å². The first-order valence-electron chi connectivity index (χ1n) is 7.08. The second-order valence-corrected chi connectivity index (χ2v) is 6.25. The summed E-state index contributed by atoms with van der Waals surface area (Å²) >= 11 is 0. The molecule has 0 saturated carbocycles. The van der Waals surface area contributed by atoms with Crippen molar-refractivity contribution in [1.82, 2.24) is 9.80 Å². The lowest BCUT2D eigenvalue weighted by atomic mass is 10.1. The number of nitrogens with zero attached hydrogens (tertiary/aromatic N) is 2. The molecule has 1 aliphatic heterocycles. The third-order valence-electron chi connectivity index (χ3n) is 3.57. The molecule has 5 nitrogen and oxygen atoms in total. The van der Waals surface area contributed by atoms with Crippen LogP contribution in [-0.2, 0) is 6.54 Å². The van der Waals surface area contributed by atoms with Gasteiger partial charge in [0.25, 0.3) is 0 Å². The van der Waals surface area contributed by atoms with Crippen molar-refractivity contribution in [2.45, 2.75) is 26.0 Å². The van der Waals surface area contributed by atoms with Crippen molar-refractivity contribution in [3.8, 4) is 5.75 Å². The molecule has 1 fully saturated rings. The molecule has 2 rings (SSSR count). The number of phenols is 1. The Morgan fingerprint density at radius 1 is 1.15 bits per heavy atom. The summed E-state index contributed by atoms with van der Waals surface area (Å²) < 4.78 is 0. The maximum atomic E-state index is 9.84. The Kier molecular flexibility index (Phi) is 4.52. The van der Waals surface area contributed by atoms with E-state index in [1.165, 1.54) is 0 Å². The van der Waals surface area contributed by atoms with Crippen LogP contribution in [0.4, 0.5) is 5.69 Å². The van der Waals surface area contributed by atoms with E-state index in [-0.39, 0.29) is 0 Å². The van der Waals surface area contributed by atoms with Crippen molar-refractivity contribution in [1.29, 1.82) is 0 Å². The number of aromatic hydroxyl groups is 1. The number of β-amino-alcohol motifs (C(OH)–C–C–N with tert-alkyl or cyclic N) is 1. The second kappa shape index (κ2) is 5.99. The molecule has 0 atom stereocenters. The fraction of sp³-hybridized carbons (Fsp3) is 0.600. The van der Waals surface area contributed by atoms with Crippen LogP contribution < -0.4 is 5.73 Å². The Bertz CT molecular complexity index is 449. The fourth-order valence-electron chi connectivity index (χ4n) is 2.63. The summed E-state index contributed by atoms with van der Waals surface area (Å²) in [5.41, 5.74) is 6.67. The number of hydrogen-bond donors (Lipinski definition) is 3. The predicted octanol–water partition coefficient (Wildman–Crippen LogP) is 0.863. The summed E-state index contributed by atoms with van der Waals surface area (Å²) in [6.07, 6.45) is 0. The monoisotopic (exact) mass is 279 g/mol. The van der Waals surface area contributed by atoms with Crippen LogP contribution in [0.3, 0.4) is 0 Å². The standard InChI is InChI=1S/C15H25N3O2/c1-15(2,20)11-18-7-5-17(6-8-18)10-12-9-13(16)3-4-14(12)19/h3-4,9,19-20H,5-8,10-11,16H2,1-2H3. The van der Waals surface area contributed by atoms with Gasteiger partial charge in [0.2, 0.25) is 0 Å². The zero-order valence-corrected chi connectivity index (χ0v) is 12.3. The normalized spacial score (nSPS) is 18.4. The topological polar surface area (TPSA) is 73.0 Å². The van der Waals surface area contributed by atoms with Gasteiger partial charge in [-0.15, -0.1) is 0 Å². The van der Waals surface area contributed by atoms with Crippen molar-refractivity contribution < 1.29 is 10.2 Å². The molecular weight excluding hydrogens is 254 g/mol.